The maximum absolute atomic E-state index is 5.65. The Labute approximate surface area is 109 Å². The van der Waals surface area contributed by atoms with Crippen LogP contribution in [0.15, 0.2) is 24.3 Å². The third kappa shape index (κ3) is 3.28. The van der Waals surface area contributed by atoms with Gasteiger partial charge < -0.3 is 4.74 Å². The second-order valence-corrected chi connectivity index (χ2v) is 3.94. The fourth-order valence-corrected chi connectivity index (χ4v) is 1.64. The lowest BCUT2D eigenvalue weighted by molar-refractivity contribution is 0.439. The molecule has 1 heterocycles. The Morgan fingerprint density at radius 2 is 1.82 bits per heavy atom. The number of nitrogens with zero attached hydrogens (tertiary/aromatic N) is 3. The van der Waals surface area contributed by atoms with Gasteiger partial charge in [-0.25, -0.2) is 0 Å². The van der Waals surface area contributed by atoms with Crippen molar-refractivity contribution < 1.29 is 4.74 Å². The van der Waals surface area contributed by atoms with Crippen molar-refractivity contribution >= 4 is 23.2 Å². The van der Waals surface area contributed by atoms with E-state index < -0.39 is 0 Å². The zero-order chi connectivity index (χ0) is 12.3. The highest BCUT2D eigenvalue weighted by molar-refractivity contribution is 6.31. The fourth-order valence-electron chi connectivity index (χ4n) is 1.29. The van der Waals surface area contributed by atoms with E-state index in [0.29, 0.717) is 5.75 Å². The first-order chi connectivity index (χ1) is 8.17. The summed E-state index contributed by atoms with van der Waals surface area (Å²) in [5.41, 5.74) is 1.16. The molecule has 88 valence electrons. The van der Waals surface area contributed by atoms with Gasteiger partial charge in [-0.1, -0.05) is 19.1 Å². The van der Waals surface area contributed by atoms with Gasteiger partial charge in [0, 0.05) is 0 Å². The van der Waals surface area contributed by atoms with E-state index >= 15 is 0 Å². The molecule has 0 spiro atoms. The summed E-state index contributed by atoms with van der Waals surface area (Å²) in [5, 5.41) is 0.0123. The summed E-state index contributed by atoms with van der Waals surface area (Å²) in [4.78, 5) is 11.3. The van der Waals surface area contributed by atoms with E-state index in [2.05, 4.69) is 21.9 Å². The van der Waals surface area contributed by atoms with Crippen molar-refractivity contribution in [1.82, 2.24) is 15.0 Å². The molecule has 0 saturated heterocycles. The second-order valence-electron chi connectivity index (χ2n) is 3.26. The monoisotopic (exact) mass is 269 g/mol. The zero-order valence-corrected chi connectivity index (χ0v) is 10.5. The van der Waals surface area contributed by atoms with E-state index in [0.717, 1.165) is 12.0 Å². The molecule has 0 atom stereocenters. The van der Waals surface area contributed by atoms with Crippen LogP contribution in [-0.2, 0) is 6.42 Å². The fraction of sp³-hybridized carbons (Fsp3) is 0.182. The minimum atomic E-state index is 0.00615. The highest BCUT2D eigenvalue weighted by Gasteiger charge is 2.05. The molecule has 1 aromatic heterocycles. The molecule has 0 radical (unpaired) electrons. The standard InChI is InChI=1S/C11H9Cl2N3O/c1-2-7-4-3-5-8(6-7)17-11-15-9(12)14-10(13)16-11/h3-6H,2H2,1H3. The first-order valence-corrected chi connectivity index (χ1v) is 5.77. The van der Waals surface area contributed by atoms with Crippen molar-refractivity contribution in [1.29, 1.82) is 0 Å². The maximum atomic E-state index is 5.65. The van der Waals surface area contributed by atoms with Crippen LogP contribution in [0, 0.1) is 0 Å². The number of benzene rings is 1. The molecule has 0 aliphatic rings. The normalized spacial score (nSPS) is 10.3. The van der Waals surface area contributed by atoms with Gasteiger partial charge in [0.15, 0.2) is 0 Å². The van der Waals surface area contributed by atoms with Crippen LogP contribution in [0.4, 0.5) is 0 Å². The summed E-state index contributed by atoms with van der Waals surface area (Å²) in [5.74, 6) is 0.641. The van der Waals surface area contributed by atoms with Gasteiger partial charge in [0.25, 0.3) is 0 Å². The molecule has 0 unspecified atom stereocenters. The van der Waals surface area contributed by atoms with Crippen LogP contribution in [0.2, 0.25) is 10.6 Å². The highest BCUT2D eigenvalue weighted by Crippen LogP contribution is 2.21. The lowest BCUT2D eigenvalue weighted by atomic mass is 10.2. The molecule has 6 heteroatoms. The van der Waals surface area contributed by atoms with Crippen LogP contribution >= 0.6 is 23.2 Å². The number of aromatic nitrogens is 3. The van der Waals surface area contributed by atoms with Crippen molar-refractivity contribution in [2.45, 2.75) is 13.3 Å². The predicted octanol–water partition coefficient (Wildman–Crippen LogP) is 3.53. The summed E-state index contributed by atoms with van der Waals surface area (Å²) < 4.78 is 5.45. The van der Waals surface area contributed by atoms with Crippen molar-refractivity contribution in [2.75, 3.05) is 0 Å². The topological polar surface area (TPSA) is 47.9 Å². The number of aryl methyl sites for hydroxylation is 1. The summed E-state index contributed by atoms with van der Waals surface area (Å²) in [6.07, 6.45) is 0.927. The molecular weight excluding hydrogens is 261 g/mol. The van der Waals surface area contributed by atoms with E-state index in [1.54, 1.807) is 0 Å². The number of rotatable bonds is 3. The molecule has 0 fully saturated rings. The van der Waals surface area contributed by atoms with Crippen molar-refractivity contribution in [3.8, 4) is 11.8 Å². The molecule has 4 nitrogen and oxygen atoms in total. The van der Waals surface area contributed by atoms with Crippen LogP contribution in [0.5, 0.6) is 11.8 Å². The number of hydrogen-bond acceptors (Lipinski definition) is 4. The first kappa shape index (κ1) is 12.1. The smallest absolute Gasteiger partial charge is 0.327 e. The first-order valence-electron chi connectivity index (χ1n) is 5.01. The Kier molecular flexibility index (Phi) is 3.76. The maximum Gasteiger partial charge on any atom is 0.327 e. The van der Waals surface area contributed by atoms with Gasteiger partial charge in [0.2, 0.25) is 10.6 Å². The Hall–Kier alpha value is -1.39. The van der Waals surface area contributed by atoms with E-state index in [4.69, 9.17) is 27.9 Å². The lowest BCUT2D eigenvalue weighted by Gasteiger charge is -2.05. The largest absolute Gasteiger partial charge is 0.424 e. The van der Waals surface area contributed by atoms with E-state index in [-0.39, 0.29) is 16.6 Å². The SMILES string of the molecule is CCc1cccc(Oc2nc(Cl)nc(Cl)n2)c1. The predicted molar refractivity (Wildman–Crippen MR) is 65.7 cm³/mol. The van der Waals surface area contributed by atoms with Crippen LogP contribution in [0.25, 0.3) is 0 Å². The lowest BCUT2D eigenvalue weighted by Crippen LogP contribution is -1.95. The van der Waals surface area contributed by atoms with Crippen LogP contribution in [-0.4, -0.2) is 15.0 Å². The molecule has 0 N–H and O–H groups in total. The number of hydrogen-bond donors (Lipinski definition) is 0. The summed E-state index contributed by atoms with van der Waals surface area (Å²) in [6, 6.07) is 7.72. The van der Waals surface area contributed by atoms with Gasteiger partial charge in [-0.3, -0.25) is 0 Å². The van der Waals surface area contributed by atoms with Gasteiger partial charge in [0.1, 0.15) is 5.75 Å². The van der Waals surface area contributed by atoms with Gasteiger partial charge in [0.05, 0.1) is 0 Å². The second kappa shape index (κ2) is 5.29. The highest BCUT2D eigenvalue weighted by atomic mass is 35.5. The minimum Gasteiger partial charge on any atom is -0.424 e. The van der Waals surface area contributed by atoms with Crippen molar-refractivity contribution in [3.05, 3.63) is 40.4 Å². The Morgan fingerprint density at radius 1 is 1.12 bits per heavy atom. The van der Waals surface area contributed by atoms with E-state index in [1.807, 2.05) is 24.3 Å². The third-order valence-corrected chi connectivity index (χ3v) is 2.41. The average Bonchev–Trinajstić information content (AvgIpc) is 2.28. The minimum absolute atomic E-state index is 0.00615. The van der Waals surface area contributed by atoms with Crippen LogP contribution < -0.4 is 4.74 Å². The van der Waals surface area contributed by atoms with E-state index in [9.17, 15) is 0 Å². The molecule has 2 aromatic rings. The quantitative estimate of drug-likeness (QED) is 0.855. The average molecular weight is 270 g/mol. The zero-order valence-electron chi connectivity index (χ0n) is 9.02. The molecule has 1 aromatic carbocycles. The number of ether oxygens (including phenoxy) is 1. The van der Waals surface area contributed by atoms with Gasteiger partial charge in [-0.2, -0.15) is 15.0 Å². The molecule has 0 aliphatic heterocycles. The summed E-state index contributed by atoms with van der Waals surface area (Å²) >= 11 is 11.3. The molecular formula is C11H9Cl2N3O. The molecule has 0 amide bonds. The molecule has 17 heavy (non-hydrogen) atoms. The third-order valence-electron chi connectivity index (χ3n) is 2.08. The Morgan fingerprint density at radius 3 is 2.47 bits per heavy atom. The van der Waals surface area contributed by atoms with Crippen LogP contribution in [0.1, 0.15) is 12.5 Å². The number of halogens is 2. The summed E-state index contributed by atoms with van der Waals surface area (Å²) in [6.45, 7) is 2.07. The van der Waals surface area contributed by atoms with Gasteiger partial charge in [-0.15, -0.1) is 0 Å². The van der Waals surface area contributed by atoms with Crippen LogP contribution in [0.3, 0.4) is 0 Å². The molecule has 0 aliphatic carbocycles. The Bertz CT molecular complexity index is 514. The van der Waals surface area contributed by atoms with Gasteiger partial charge in [-0.05, 0) is 47.3 Å². The molecule has 0 saturated carbocycles. The van der Waals surface area contributed by atoms with E-state index in [1.165, 1.54) is 0 Å². The van der Waals surface area contributed by atoms with Crippen molar-refractivity contribution in [3.63, 3.8) is 0 Å². The van der Waals surface area contributed by atoms with Crippen molar-refractivity contribution in [2.24, 2.45) is 0 Å². The Balaban J connectivity index is 2.24. The molecule has 0 bridgehead atoms. The summed E-state index contributed by atoms with van der Waals surface area (Å²) in [7, 11) is 0. The van der Waals surface area contributed by atoms with Gasteiger partial charge >= 0.3 is 6.01 Å². The molecule has 2 rings (SSSR count).